The van der Waals surface area contributed by atoms with Gasteiger partial charge in [-0.05, 0) is 42.0 Å². The SMILES string of the molecule is COc1ccc(-c2cc(=O)[nH]c(N/N=C\c3ccccc3COc3ccccc3)n2)cc1. The summed E-state index contributed by atoms with van der Waals surface area (Å²) in [6, 6.07) is 26.2. The molecule has 0 aliphatic rings. The van der Waals surface area contributed by atoms with E-state index in [-0.39, 0.29) is 11.5 Å². The Balaban J connectivity index is 1.47. The second-order valence-corrected chi connectivity index (χ2v) is 6.88. The van der Waals surface area contributed by atoms with E-state index in [2.05, 4.69) is 20.5 Å². The third-order valence-electron chi connectivity index (χ3n) is 4.69. The predicted octanol–water partition coefficient (Wildman–Crippen LogP) is 4.47. The zero-order valence-electron chi connectivity index (χ0n) is 17.5. The van der Waals surface area contributed by atoms with Crippen molar-refractivity contribution in [2.45, 2.75) is 6.61 Å². The van der Waals surface area contributed by atoms with Gasteiger partial charge in [0.15, 0.2) is 0 Å². The highest BCUT2D eigenvalue weighted by molar-refractivity contribution is 5.82. The lowest BCUT2D eigenvalue weighted by molar-refractivity contribution is 0.306. The lowest BCUT2D eigenvalue weighted by atomic mass is 10.1. The molecule has 1 heterocycles. The van der Waals surface area contributed by atoms with Crippen molar-refractivity contribution in [3.63, 3.8) is 0 Å². The van der Waals surface area contributed by atoms with Gasteiger partial charge in [0.05, 0.1) is 19.0 Å². The minimum Gasteiger partial charge on any atom is -0.497 e. The molecule has 4 rings (SSSR count). The minimum absolute atomic E-state index is 0.248. The largest absolute Gasteiger partial charge is 0.497 e. The summed E-state index contributed by atoms with van der Waals surface area (Å²) in [6.45, 7) is 0.411. The normalized spacial score (nSPS) is 10.8. The van der Waals surface area contributed by atoms with Crippen molar-refractivity contribution < 1.29 is 9.47 Å². The molecule has 0 amide bonds. The van der Waals surface area contributed by atoms with Crippen LogP contribution in [0, 0.1) is 0 Å². The number of nitrogens with one attached hydrogen (secondary N) is 2. The lowest BCUT2D eigenvalue weighted by Gasteiger charge is -2.08. The molecule has 7 nitrogen and oxygen atoms in total. The van der Waals surface area contributed by atoms with Crippen molar-refractivity contribution in [3.05, 3.63) is 106 Å². The Morgan fingerprint density at radius 1 is 0.969 bits per heavy atom. The van der Waals surface area contributed by atoms with Gasteiger partial charge in [0, 0.05) is 17.2 Å². The summed E-state index contributed by atoms with van der Waals surface area (Å²) in [5.74, 6) is 1.78. The van der Waals surface area contributed by atoms with E-state index in [4.69, 9.17) is 9.47 Å². The van der Waals surface area contributed by atoms with Crippen LogP contribution in [0.15, 0.2) is 94.8 Å². The van der Waals surface area contributed by atoms with Crippen molar-refractivity contribution in [2.24, 2.45) is 5.10 Å². The zero-order valence-corrected chi connectivity index (χ0v) is 17.5. The van der Waals surface area contributed by atoms with Gasteiger partial charge in [0.1, 0.15) is 18.1 Å². The predicted molar refractivity (Wildman–Crippen MR) is 125 cm³/mol. The number of nitrogens with zero attached hydrogens (tertiary/aromatic N) is 2. The number of H-pyrrole nitrogens is 1. The monoisotopic (exact) mass is 426 g/mol. The number of hydrogen-bond donors (Lipinski definition) is 2. The molecular weight excluding hydrogens is 404 g/mol. The molecule has 0 fully saturated rings. The summed E-state index contributed by atoms with van der Waals surface area (Å²) >= 11 is 0. The van der Waals surface area contributed by atoms with E-state index in [1.54, 1.807) is 13.3 Å². The molecule has 7 heteroatoms. The van der Waals surface area contributed by atoms with E-state index in [1.165, 1.54) is 6.07 Å². The van der Waals surface area contributed by atoms with Gasteiger partial charge in [-0.15, -0.1) is 0 Å². The van der Waals surface area contributed by atoms with Gasteiger partial charge in [0.25, 0.3) is 5.56 Å². The summed E-state index contributed by atoms with van der Waals surface area (Å²) in [7, 11) is 1.60. The molecule has 0 radical (unpaired) electrons. The number of para-hydroxylation sites is 1. The van der Waals surface area contributed by atoms with Crippen molar-refractivity contribution in [1.29, 1.82) is 0 Å². The van der Waals surface area contributed by atoms with Crippen molar-refractivity contribution >= 4 is 12.2 Å². The fourth-order valence-electron chi connectivity index (χ4n) is 3.05. The molecular formula is C25H22N4O3. The molecule has 3 aromatic carbocycles. The van der Waals surface area contributed by atoms with Crippen LogP contribution in [-0.4, -0.2) is 23.3 Å². The number of aromatic amines is 1. The van der Waals surface area contributed by atoms with Crippen molar-refractivity contribution in [3.8, 4) is 22.8 Å². The first-order chi connectivity index (χ1) is 15.7. The van der Waals surface area contributed by atoms with Gasteiger partial charge >= 0.3 is 0 Å². The van der Waals surface area contributed by atoms with Gasteiger partial charge in [0.2, 0.25) is 5.95 Å². The summed E-state index contributed by atoms with van der Waals surface area (Å²) in [6.07, 6.45) is 1.67. The number of methoxy groups -OCH3 is 1. The van der Waals surface area contributed by atoms with Crippen LogP contribution in [0.25, 0.3) is 11.3 Å². The Labute approximate surface area is 185 Å². The molecule has 0 saturated carbocycles. The summed E-state index contributed by atoms with van der Waals surface area (Å²) in [5, 5.41) is 4.25. The first kappa shape index (κ1) is 20.9. The van der Waals surface area contributed by atoms with Crippen LogP contribution in [0.5, 0.6) is 11.5 Å². The number of anilines is 1. The van der Waals surface area contributed by atoms with Crippen LogP contribution < -0.4 is 20.5 Å². The van der Waals surface area contributed by atoms with E-state index in [0.717, 1.165) is 28.2 Å². The number of hydrogen-bond acceptors (Lipinski definition) is 6. The molecule has 0 aliphatic carbocycles. The van der Waals surface area contributed by atoms with Gasteiger partial charge in [-0.2, -0.15) is 5.10 Å². The number of hydrazone groups is 1. The fourth-order valence-corrected chi connectivity index (χ4v) is 3.05. The van der Waals surface area contributed by atoms with E-state index < -0.39 is 0 Å². The molecule has 32 heavy (non-hydrogen) atoms. The first-order valence-electron chi connectivity index (χ1n) is 10.0. The van der Waals surface area contributed by atoms with E-state index in [1.807, 2.05) is 78.9 Å². The van der Waals surface area contributed by atoms with Crippen LogP contribution >= 0.6 is 0 Å². The molecule has 0 aliphatic heterocycles. The Bertz CT molecular complexity index is 1250. The highest BCUT2D eigenvalue weighted by atomic mass is 16.5. The average Bonchev–Trinajstić information content (AvgIpc) is 2.84. The van der Waals surface area contributed by atoms with Crippen molar-refractivity contribution in [2.75, 3.05) is 12.5 Å². The van der Waals surface area contributed by atoms with E-state index >= 15 is 0 Å². The highest BCUT2D eigenvalue weighted by Gasteiger charge is 2.05. The summed E-state index contributed by atoms with van der Waals surface area (Å²) < 4.78 is 11.0. The van der Waals surface area contributed by atoms with Crippen LogP contribution in [0.4, 0.5) is 5.95 Å². The van der Waals surface area contributed by atoms with E-state index in [0.29, 0.717) is 12.3 Å². The Morgan fingerprint density at radius 3 is 2.50 bits per heavy atom. The number of benzene rings is 3. The second-order valence-electron chi connectivity index (χ2n) is 6.88. The molecule has 0 bridgehead atoms. The van der Waals surface area contributed by atoms with Crippen LogP contribution in [0.3, 0.4) is 0 Å². The molecule has 160 valence electrons. The maximum Gasteiger partial charge on any atom is 0.252 e. The lowest BCUT2D eigenvalue weighted by Crippen LogP contribution is -2.10. The Kier molecular flexibility index (Phi) is 6.57. The third-order valence-corrected chi connectivity index (χ3v) is 4.69. The maximum atomic E-state index is 12.1. The standard InChI is InChI=1S/C25H22N4O3/c1-31-21-13-11-18(12-14-21)23-15-24(30)28-25(27-23)29-26-16-19-7-5-6-8-20(19)17-32-22-9-3-2-4-10-22/h2-16H,17H2,1H3,(H2,27,28,29,30)/b26-16-. The van der Waals surface area contributed by atoms with Crippen LogP contribution in [0.2, 0.25) is 0 Å². The van der Waals surface area contributed by atoms with Gasteiger partial charge in [-0.25, -0.2) is 10.4 Å². The van der Waals surface area contributed by atoms with Crippen LogP contribution in [0.1, 0.15) is 11.1 Å². The average molecular weight is 426 g/mol. The summed E-state index contributed by atoms with van der Waals surface area (Å²) in [5.41, 5.74) is 5.73. The molecule has 0 spiro atoms. The number of rotatable bonds is 8. The summed E-state index contributed by atoms with van der Waals surface area (Å²) in [4.78, 5) is 19.2. The van der Waals surface area contributed by atoms with Gasteiger partial charge in [-0.1, -0.05) is 42.5 Å². The fraction of sp³-hybridized carbons (Fsp3) is 0.0800. The van der Waals surface area contributed by atoms with Crippen LogP contribution in [-0.2, 0) is 6.61 Å². The van der Waals surface area contributed by atoms with Gasteiger partial charge < -0.3 is 9.47 Å². The second kappa shape index (κ2) is 10.1. The molecule has 4 aromatic rings. The first-order valence-corrected chi connectivity index (χ1v) is 10.0. The highest BCUT2D eigenvalue weighted by Crippen LogP contribution is 2.20. The Morgan fingerprint density at radius 2 is 1.72 bits per heavy atom. The smallest absolute Gasteiger partial charge is 0.252 e. The quantitative estimate of drug-likeness (QED) is 0.321. The molecule has 0 unspecified atom stereocenters. The third kappa shape index (κ3) is 5.40. The topological polar surface area (TPSA) is 88.6 Å². The molecule has 0 atom stereocenters. The number of ether oxygens (including phenoxy) is 2. The zero-order chi connectivity index (χ0) is 22.2. The molecule has 0 saturated heterocycles. The minimum atomic E-state index is -0.278. The van der Waals surface area contributed by atoms with Gasteiger partial charge in [-0.3, -0.25) is 9.78 Å². The molecule has 1 aromatic heterocycles. The maximum absolute atomic E-state index is 12.1. The Hall–Kier alpha value is -4.39. The number of aromatic nitrogens is 2. The van der Waals surface area contributed by atoms with E-state index in [9.17, 15) is 4.79 Å². The molecule has 2 N–H and O–H groups in total. The van der Waals surface area contributed by atoms with Crippen molar-refractivity contribution in [1.82, 2.24) is 9.97 Å².